The number of hydrogen-bond acceptors (Lipinski definition) is 2. The summed E-state index contributed by atoms with van der Waals surface area (Å²) in [5.74, 6) is 5.18. The minimum Gasteiger partial charge on any atom is -0.271 e. The quantitative estimate of drug-likeness (QED) is 0.651. The number of nitrogens with one attached hydrogen (secondary N) is 1. The van der Waals surface area contributed by atoms with Gasteiger partial charge >= 0.3 is 0 Å². The lowest BCUT2D eigenvalue weighted by atomic mass is 9.99. The van der Waals surface area contributed by atoms with Crippen LogP contribution >= 0.6 is 11.6 Å². The van der Waals surface area contributed by atoms with Crippen molar-refractivity contribution in [2.24, 2.45) is 5.84 Å². The second-order valence-corrected chi connectivity index (χ2v) is 4.85. The molecule has 0 fully saturated rings. The largest absolute Gasteiger partial charge is 0.271 e. The van der Waals surface area contributed by atoms with E-state index in [9.17, 15) is 4.39 Å². The lowest BCUT2D eigenvalue weighted by Crippen LogP contribution is -2.38. The third-order valence-corrected chi connectivity index (χ3v) is 3.48. The van der Waals surface area contributed by atoms with Crippen molar-refractivity contribution in [2.45, 2.75) is 18.9 Å². The Balaban J connectivity index is 2.09. The molecule has 0 aliphatic carbocycles. The lowest BCUT2D eigenvalue weighted by Gasteiger charge is -2.17. The summed E-state index contributed by atoms with van der Waals surface area (Å²) < 4.78 is 13.4. The van der Waals surface area contributed by atoms with Gasteiger partial charge in [-0.1, -0.05) is 54.1 Å². The summed E-state index contributed by atoms with van der Waals surface area (Å²) in [6, 6.07) is 14.9. The zero-order valence-corrected chi connectivity index (χ0v) is 11.2. The molecule has 0 aliphatic heterocycles. The number of rotatable bonds is 5. The minimum absolute atomic E-state index is 0.0155. The SMILES string of the molecule is NNC(Cc1ccccc1)Cc1cccc(F)c1Cl. The van der Waals surface area contributed by atoms with Crippen molar-refractivity contribution in [3.8, 4) is 0 Å². The molecule has 0 radical (unpaired) electrons. The van der Waals surface area contributed by atoms with Gasteiger partial charge in [0, 0.05) is 6.04 Å². The molecule has 2 aromatic rings. The highest BCUT2D eigenvalue weighted by atomic mass is 35.5. The summed E-state index contributed by atoms with van der Waals surface area (Å²) in [4.78, 5) is 0. The highest BCUT2D eigenvalue weighted by Crippen LogP contribution is 2.21. The number of halogens is 2. The van der Waals surface area contributed by atoms with Gasteiger partial charge in [-0.2, -0.15) is 0 Å². The Morgan fingerprint density at radius 2 is 1.79 bits per heavy atom. The van der Waals surface area contributed by atoms with Crippen LogP contribution < -0.4 is 11.3 Å². The summed E-state index contributed by atoms with van der Waals surface area (Å²) in [7, 11) is 0. The van der Waals surface area contributed by atoms with E-state index in [2.05, 4.69) is 5.43 Å². The van der Waals surface area contributed by atoms with E-state index in [4.69, 9.17) is 17.4 Å². The molecule has 0 aromatic heterocycles. The van der Waals surface area contributed by atoms with E-state index >= 15 is 0 Å². The van der Waals surface area contributed by atoms with Gasteiger partial charge in [-0.15, -0.1) is 0 Å². The summed E-state index contributed by atoms with van der Waals surface area (Å²) in [5.41, 5.74) is 4.71. The molecule has 0 bridgehead atoms. The van der Waals surface area contributed by atoms with Crippen LogP contribution in [0.3, 0.4) is 0 Å². The lowest BCUT2D eigenvalue weighted by molar-refractivity contribution is 0.520. The molecule has 19 heavy (non-hydrogen) atoms. The van der Waals surface area contributed by atoms with Crippen LogP contribution in [0.15, 0.2) is 48.5 Å². The Bertz CT molecular complexity index is 531. The number of hydrogen-bond donors (Lipinski definition) is 2. The monoisotopic (exact) mass is 278 g/mol. The van der Waals surface area contributed by atoms with Crippen molar-refractivity contribution < 1.29 is 4.39 Å². The average molecular weight is 279 g/mol. The van der Waals surface area contributed by atoms with Crippen LogP contribution in [-0.4, -0.2) is 6.04 Å². The zero-order chi connectivity index (χ0) is 13.7. The molecular formula is C15H16ClFN2. The van der Waals surface area contributed by atoms with Gasteiger partial charge in [-0.05, 0) is 30.0 Å². The molecule has 0 amide bonds. The van der Waals surface area contributed by atoms with E-state index in [1.54, 1.807) is 6.07 Å². The van der Waals surface area contributed by atoms with E-state index < -0.39 is 5.82 Å². The summed E-state index contributed by atoms with van der Waals surface area (Å²) in [5, 5.41) is 0.177. The van der Waals surface area contributed by atoms with Gasteiger partial charge in [-0.25, -0.2) is 4.39 Å². The van der Waals surface area contributed by atoms with Crippen LogP contribution in [0.25, 0.3) is 0 Å². The van der Waals surface area contributed by atoms with Gasteiger partial charge in [0.25, 0.3) is 0 Å². The van der Waals surface area contributed by atoms with E-state index in [1.165, 1.54) is 11.6 Å². The Morgan fingerprint density at radius 1 is 1.05 bits per heavy atom. The first-order valence-corrected chi connectivity index (χ1v) is 6.51. The summed E-state index contributed by atoms with van der Waals surface area (Å²) in [6.07, 6.45) is 1.35. The van der Waals surface area contributed by atoms with Crippen molar-refractivity contribution in [1.29, 1.82) is 0 Å². The van der Waals surface area contributed by atoms with Crippen molar-refractivity contribution >= 4 is 11.6 Å². The molecule has 2 nitrogen and oxygen atoms in total. The normalized spacial score (nSPS) is 12.4. The topological polar surface area (TPSA) is 38.0 Å². The van der Waals surface area contributed by atoms with Crippen LogP contribution in [0.1, 0.15) is 11.1 Å². The molecule has 0 saturated carbocycles. The van der Waals surface area contributed by atoms with Crippen LogP contribution in [0.5, 0.6) is 0 Å². The molecule has 1 unspecified atom stereocenters. The predicted octanol–water partition coefficient (Wildman–Crippen LogP) is 3.10. The molecule has 0 aliphatic rings. The molecule has 1 atom stereocenters. The molecule has 0 saturated heterocycles. The Hall–Kier alpha value is -1.42. The number of nitrogens with two attached hydrogens (primary N) is 1. The van der Waals surface area contributed by atoms with Gasteiger partial charge in [0.2, 0.25) is 0 Å². The highest BCUT2D eigenvalue weighted by Gasteiger charge is 2.12. The standard InChI is InChI=1S/C15H16ClFN2/c16-15-12(7-4-8-14(15)17)10-13(19-18)9-11-5-2-1-3-6-11/h1-8,13,19H,9-10,18H2. The molecule has 4 heteroatoms. The minimum atomic E-state index is -0.394. The van der Waals surface area contributed by atoms with Gasteiger partial charge < -0.3 is 0 Å². The Labute approximate surface area is 117 Å². The van der Waals surface area contributed by atoms with Crippen molar-refractivity contribution in [3.63, 3.8) is 0 Å². The van der Waals surface area contributed by atoms with Crippen molar-refractivity contribution in [1.82, 2.24) is 5.43 Å². The fraction of sp³-hybridized carbons (Fsp3) is 0.200. The van der Waals surface area contributed by atoms with Crippen molar-refractivity contribution in [3.05, 3.63) is 70.5 Å². The van der Waals surface area contributed by atoms with Crippen molar-refractivity contribution in [2.75, 3.05) is 0 Å². The fourth-order valence-electron chi connectivity index (χ4n) is 2.06. The van der Waals surface area contributed by atoms with Crippen LogP contribution in [0.2, 0.25) is 5.02 Å². The van der Waals surface area contributed by atoms with Crippen LogP contribution in [-0.2, 0) is 12.8 Å². The second kappa shape index (κ2) is 6.66. The first kappa shape index (κ1) is 14.0. The highest BCUT2D eigenvalue weighted by molar-refractivity contribution is 6.31. The molecule has 3 N–H and O–H groups in total. The average Bonchev–Trinajstić information content (AvgIpc) is 2.44. The van der Waals surface area contributed by atoms with Gasteiger partial charge in [0.05, 0.1) is 5.02 Å². The maximum atomic E-state index is 13.4. The second-order valence-electron chi connectivity index (χ2n) is 4.47. The maximum Gasteiger partial charge on any atom is 0.142 e. The molecule has 0 heterocycles. The van der Waals surface area contributed by atoms with Gasteiger partial charge in [-0.3, -0.25) is 11.3 Å². The Kier molecular flexibility index (Phi) is 4.91. The number of benzene rings is 2. The van der Waals surface area contributed by atoms with E-state index in [0.717, 1.165) is 12.0 Å². The number of hydrazine groups is 1. The van der Waals surface area contributed by atoms with E-state index in [0.29, 0.717) is 6.42 Å². The maximum absolute atomic E-state index is 13.4. The first-order chi connectivity index (χ1) is 9.20. The summed E-state index contributed by atoms with van der Waals surface area (Å²) in [6.45, 7) is 0. The smallest absolute Gasteiger partial charge is 0.142 e. The fourth-order valence-corrected chi connectivity index (χ4v) is 2.26. The Morgan fingerprint density at radius 3 is 2.47 bits per heavy atom. The van der Waals surface area contributed by atoms with Gasteiger partial charge in [0.1, 0.15) is 5.82 Å². The van der Waals surface area contributed by atoms with Crippen LogP contribution in [0.4, 0.5) is 4.39 Å². The predicted molar refractivity (Wildman–Crippen MR) is 76.4 cm³/mol. The third-order valence-electron chi connectivity index (χ3n) is 3.06. The first-order valence-electron chi connectivity index (χ1n) is 6.13. The summed E-state index contributed by atoms with van der Waals surface area (Å²) >= 11 is 5.95. The molecule has 0 spiro atoms. The molecule has 100 valence electrons. The van der Waals surface area contributed by atoms with E-state index in [1.807, 2.05) is 36.4 Å². The molecule has 2 rings (SSSR count). The zero-order valence-electron chi connectivity index (χ0n) is 10.4. The van der Waals surface area contributed by atoms with Gasteiger partial charge in [0.15, 0.2) is 0 Å². The van der Waals surface area contributed by atoms with Crippen LogP contribution in [0, 0.1) is 5.82 Å². The van der Waals surface area contributed by atoms with E-state index in [-0.39, 0.29) is 11.1 Å². The molecule has 2 aromatic carbocycles. The third kappa shape index (κ3) is 3.77. The molecular weight excluding hydrogens is 263 g/mol.